The van der Waals surface area contributed by atoms with Gasteiger partial charge in [0.25, 0.3) is 0 Å². The first-order valence-corrected chi connectivity index (χ1v) is 8.12. The normalized spacial score (nSPS) is 22.4. The van der Waals surface area contributed by atoms with Gasteiger partial charge in [-0.1, -0.05) is 26.2 Å². The third-order valence-corrected chi connectivity index (χ3v) is 3.90. The first kappa shape index (κ1) is 15.8. The van der Waals surface area contributed by atoms with Crippen molar-refractivity contribution >= 4 is 11.9 Å². The van der Waals surface area contributed by atoms with Crippen LogP contribution in [0.2, 0.25) is 0 Å². The Morgan fingerprint density at radius 1 is 1.05 bits per heavy atom. The maximum absolute atomic E-state index is 5.43. The van der Waals surface area contributed by atoms with E-state index in [1.165, 1.54) is 32.1 Å². The van der Waals surface area contributed by atoms with E-state index in [9.17, 15) is 0 Å². The highest BCUT2D eigenvalue weighted by atomic mass is 16.5. The molecule has 6 heteroatoms. The number of nitrogens with one attached hydrogen (secondary N) is 2. The number of ether oxygens (including phenoxy) is 1. The van der Waals surface area contributed by atoms with Gasteiger partial charge in [-0.15, -0.1) is 0 Å². The van der Waals surface area contributed by atoms with Crippen LogP contribution >= 0.6 is 0 Å². The number of hydrogen-bond donors (Lipinski definition) is 2. The van der Waals surface area contributed by atoms with Crippen LogP contribution in [0.5, 0.6) is 6.01 Å². The molecule has 1 aromatic rings. The number of hydrogen-bond acceptors (Lipinski definition) is 6. The van der Waals surface area contributed by atoms with Gasteiger partial charge in [0.1, 0.15) is 0 Å². The zero-order valence-corrected chi connectivity index (χ0v) is 13.4. The van der Waals surface area contributed by atoms with Crippen molar-refractivity contribution in [3.8, 4) is 6.01 Å². The van der Waals surface area contributed by atoms with Gasteiger partial charge in [0, 0.05) is 12.6 Å². The highest BCUT2D eigenvalue weighted by Gasteiger charge is 2.21. The van der Waals surface area contributed by atoms with Crippen molar-refractivity contribution in [1.82, 2.24) is 15.0 Å². The van der Waals surface area contributed by atoms with Crippen LogP contribution in [0, 0.1) is 5.92 Å². The predicted octanol–water partition coefficient (Wildman–Crippen LogP) is 3.08. The van der Waals surface area contributed by atoms with Crippen molar-refractivity contribution in [1.29, 1.82) is 0 Å². The summed E-state index contributed by atoms with van der Waals surface area (Å²) in [6.07, 6.45) is 6.36. The molecule has 0 aliphatic heterocycles. The SMILES string of the molecule is CCNc1nc(NC2CCCCCC2C)nc(OCC)n1. The Morgan fingerprint density at radius 2 is 1.81 bits per heavy atom. The summed E-state index contributed by atoms with van der Waals surface area (Å²) in [6.45, 7) is 7.57. The Kier molecular flexibility index (Phi) is 6.02. The van der Waals surface area contributed by atoms with E-state index in [2.05, 4.69) is 32.5 Å². The van der Waals surface area contributed by atoms with Gasteiger partial charge >= 0.3 is 6.01 Å². The summed E-state index contributed by atoms with van der Waals surface area (Å²) in [5.74, 6) is 1.82. The second kappa shape index (κ2) is 8.00. The molecule has 21 heavy (non-hydrogen) atoms. The molecule has 0 radical (unpaired) electrons. The van der Waals surface area contributed by atoms with Gasteiger partial charge < -0.3 is 15.4 Å². The fourth-order valence-electron chi connectivity index (χ4n) is 2.73. The van der Waals surface area contributed by atoms with E-state index in [4.69, 9.17) is 4.74 Å². The monoisotopic (exact) mass is 293 g/mol. The first-order valence-electron chi connectivity index (χ1n) is 8.12. The molecule has 0 spiro atoms. The third kappa shape index (κ3) is 4.72. The standard InChI is InChI=1S/C15H27N5O/c1-4-16-13-18-14(20-15(19-13)21-5-2)17-12-10-8-6-7-9-11(12)3/h11-12H,4-10H2,1-3H3,(H2,16,17,18,19,20). The lowest BCUT2D eigenvalue weighted by Gasteiger charge is -2.23. The number of rotatable bonds is 6. The van der Waals surface area contributed by atoms with Crippen LogP contribution in [0.1, 0.15) is 52.9 Å². The van der Waals surface area contributed by atoms with Gasteiger partial charge in [-0.05, 0) is 32.6 Å². The molecule has 0 saturated heterocycles. The van der Waals surface area contributed by atoms with E-state index < -0.39 is 0 Å². The largest absolute Gasteiger partial charge is 0.464 e. The zero-order valence-electron chi connectivity index (χ0n) is 13.4. The quantitative estimate of drug-likeness (QED) is 0.785. The fraction of sp³-hybridized carbons (Fsp3) is 0.800. The summed E-state index contributed by atoms with van der Waals surface area (Å²) in [6, 6.07) is 0.811. The first-order chi connectivity index (χ1) is 10.2. The molecule has 118 valence electrons. The smallest absolute Gasteiger partial charge is 0.323 e. The number of anilines is 2. The third-order valence-electron chi connectivity index (χ3n) is 3.90. The molecule has 1 aliphatic rings. The predicted molar refractivity (Wildman–Crippen MR) is 84.8 cm³/mol. The molecule has 2 atom stereocenters. The van der Waals surface area contributed by atoms with Crippen molar-refractivity contribution in [2.24, 2.45) is 5.92 Å². The van der Waals surface area contributed by atoms with E-state index in [0.717, 1.165) is 6.54 Å². The minimum absolute atomic E-state index is 0.382. The van der Waals surface area contributed by atoms with Gasteiger partial charge in [0.2, 0.25) is 11.9 Å². The van der Waals surface area contributed by atoms with E-state index in [1.54, 1.807) is 0 Å². The van der Waals surface area contributed by atoms with Crippen LogP contribution in [0.3, 0.4) is 0 Å². The Morgan fingerprint density at radius 3 is 2.57 bits per heavy atom. The lowest BCUT2D eigenvalue weighted by atomic mass is 9.97. The van der Waals surface area contributed by atoms with Crippen LogP contribution in [-0.2, 0) is 0 Å². The van der Waals surface area contributed by atoms with Crippen molar-refractivity contribution in [3.05, 3.63) is 0 Å². The Hall–Kier alpha value is -1.59. The maximum Gasteiger partial charge on any atom is 0.323 e. The molecule has 0 bridgehead atoms. The number of aromatic nitrogens is 3. The highest BCUT2D eigenvalue weighted by molar-refractivity contribution is 5.36. The molecule has 1 heterocycles. The second-order valence-corrected chi connectivity index (χ2v) is 5.59. The zero-order chi connectivity index (χ0) is 15.1. The van der Waals surface area contributed by atoms with E-state index >= 15 is 0 Å². The Labute approximate surface area is 127 Å². The van der Waals surface area contributed by atoms with Crippen molar-refractivity contribution < 1.29 is 4.74 Å². The van der Waals surface area contributed by atoms with Gasteiger partial charge in [-0.2, -0.15) is 15.0 Å². The molecular weight excluding hydrogens is 266 g/mol. The van der Waals surface area contributed by atoms with Crippen molar-refractivity contribution in [2.45, 2.75) is 58.9 Å². The average Bonchev–Trinajstić information content (AvgIpc) is 2.65. The average molecular weight is 293 g/mol. The van der Waals surface area contributed by atoms with Crippen molar-refractivity contribution in [2.75, 3.05) is 23.8 Å². The lowest BCUT2D eigenvalue weighted by Crippen LogP contribution is -2.27. The summed E-state index contributed by atoms with van der Waals surface area (Å²) in [5, 5.41) is 6.61. The molecule has 0 amide bonds. The molecule has 2 unspecified atom stereocenters. The van der Waals surface area contributed by atoms with Gasteiger partial charge in [0.05, 0.1) is 6.61 Å². The summed E-state index contributed by atoms with van der Waals surface area (Å²) in [5.41, 5.74) is 0. The van der Waals surface area contributed by atoms with Gasteiger partial charge in [0.15, 0.2) is 0 Å². The van der Waals surface area contributed by atoms with Crippen LogP contribution in [0.25, 0.3) is 0 Å². The minimum atomic E-state index is 0.382. The molecular formula is C15H27N5O. The maximum atomic E-state index is 5.43. The molecule has 6 nitrogen and oxygen atoms in total. The van der Waals surface area contributed by atoms with Crippen molar-refractivity contribution in [3.63, 3.8) is 0 Å². The van der Waals surface area contributed by atoms with Crippen LogP contribution in [0.4, 0.5) is 11.9 Å². The molecule has 1 aliphatic carbocycles. The highest BCUT2D eigenvalue weighted by Crippen LogP contribution is 2.25. The molecule has 1 fully saturated rings. The summed E-state index contributed by atoms with van der Waals surface area (Å²) < 4.78 is 5.43. The summed E-state index contributed by atoms with van der Waals surface area (Å²) >= 11 is 0. The van der Waals surface area contributed by atoms with Crippen LogP contribution < -0.4 is 15.4 Å². The molecule has 0 aromatic carbocycles. The van der Waals surface area contributed by atoms with Gasteiger partial charge in [-0.25, -0.2) is 0 Å². The summed E-state index contributed by atoms with van der Waals surface area (Å²) in [7, 11) is 0. The number of nitrogens with zero attached hydrogens (tertiary/aromatic N) is 3. The molecule has 2 rings (SSSR count). The molecule has 1 saturated carbocycles. The topological polar surface area (TPSA) is 72.0 Å². The fourth-order valence-corrected chi connectivity index (χ4v) is 2.73. The minimum Gasteiger partial charge on any atom is -0.464 e. The Balaban J connectivity index is 2.12. The van der Waals surface area contributed by atoms with E-state index in [-0.39, 0.29) is 0 Å². The van der Waals surface area contributed by atoms with Crippen LogP contribution in [0.15, 0.2) is 0 Å². The molecule has 1 aromatic heterocycles. The van der Waals surface area contributed by atoms with Gasteiger partial charge in [-0.3, -0.25) is 0 Å². The Bertz CT molecular complexity index is 416. The van der Waals surface area contributed by atoms with E-state index in [0.29, 0.717) is 36.5 Å². The van der Waals surface area contributed by atoms with Crippen LogP contribution in [-0.4, -0.2) is 34.1 Å². The molecule has 2 N–H and O–H groups in total. The van der Waals surface area contributed by atoms with E-state index in [1.807, 2.05) is 13.8 Å². The second-order valence-electron chi connectivity index (χ2n) is 5.59. The lowest BCUT2D eigenvalue weighted by molar-refractivity contribution is 0.312. The summed E-state index contributed by atoms with van der Waals surface area (Å²) in [4.78, 5) is 13.1.